The van der Waals surface area contributed by atoms with Crippen molar-refractivity contribution >= 4 is 47.7 Å². The van der Waals surface area contributed by atoms with Crippen molar-refractivity contribution in [2.24, 2.45) is 5.10 Å². The normalized spacial score (nSPS) is 18.2. The quantitative estimate of drug-likeness (QED) is 0.332. The second-order valence-corrected chi connectivity index (χ2v) is 10.3. The number of nitrogens with one attached hydrogen (secondary N) is 1. The molecule has 1 aromatic carbocycles. The molecule has 114 valence electrons. The van der Waals surface area contributed by atoms with Crippen LogP contribution < -0.4 is 5.43 Å². The van der Waals surface area contributed by atoms with Gasteiger partial charge in [-0.15, -0.1) is 0 Å². The number of hydrogen-bond donors (Lipinski definition) is 1. The van der Waals surface area contributed by atoms with Crippen molar-refractivity contribution in [2.45, 2.75) is 36.9 Å². The van der Waals surface area contributed by atoms with Crippen LogP contribution in [0.15, 0.2) is 29.4 Å². The first-order chi connectivity index (χ1) is 10.2. The molecule has 6 heteroatoms. The van der Waals surface area contributed by atoms with Crippen LogP contribution in [0.2, 0.25) is 9.84 Å². The van der Waals surface area contributed by atoms with E-state index < -0.39 is 0 Å². The van der Waals surface area contributed by atoms with E-state index in [4.69, 9.17) is 11.6 Å². The second-order valence-electron chi connectivity index (χ2n) is 4.92. The average molecular weight is 390 g/mol. The molecule has 1 unspecified atom stereocenters. The maximum absolute atomic E-state index is 11.6. The van der Waals surface area contributed by atoms with E-state index in [9.17, 15) is 4.79 Å². The number of nitrogens with zero attached hydrogens (tertiary/aromatic N) is 1. The molecule has 2 rings (SSSR count). The van der Waals surface area contributed by atoms with Gasteiger partial charge in [-0.05, 0) is 0 Å². The number of benzene rings is 1. The molecule has 0 saturated carbocycles. The van der Waals surface area contributed by atoms with Gasteiger partial charge in [-0.3, -0.25) is 0 Å². The Kier molecular flexibility index (Phi) is 7.65. The third-order valence-corrected chi connectivity index (χ3v) is 8.85. The van der Waals surface area contributed by atoms with Crippen molar-refractivity contribution in [2.75, 3.05) is 5.75 Å². The molecule has 0 aliphatic carbocycles. The fraction of sp³-hybridized carbons (Fsp3) is 0.467. The second kappa shape index (κ2) is 9.52. The van der Waals surface area contributed by atoms with Gasteiger partial charge >= 0.3 is 124 Å². The van der Waals surface area contributed by atoms with Crippen LogP contribution in [0.25, 0.3) is 0 Å². The van der Waals surface area contributed by atoms with Crippen molar-refractivity contribution in [3.8, 4) is 0 Å². The first-order valence-electron chi connectivity index (χ1n) is 7.10. The van der Waals surface area contributed by atoms with Gasteiger partial charge < -0.3 is 0 Å². The molecule has 3 nitrogen and oxygen atoms in total. The molecule has 1 aliphatic heterocycles. The van der Waals surface area contributed by atoms with Gasteiger partial charge in [0.2, 0.25) is 0 Å². The molecule has 1 amide bonds. The number of halogens is 1. The number of hydrazone groups is 1. The summed E-state index contributed by atoms with van der Waals surface area (Å²) in [5.41, 5.74) is 3.49. The number of carbonyl (C=O) groups is 1. The molecular formula is C15H19ClN2OSSe. The Morgan fingerprint density at radius 1 is 1.43 bits per heavy atom. The molecular weight excluding hydrogens is 371 g/mol. The van der Waals surface area contributed by atoms with Gasteiger partial charge in [-0.1, -0.05) is 11.6 Å². The number of amides is 1. The molecule has 1 fully saturated rings. The third-order valence-electron chi connectivity index (χ3n) is 3.18. The Hall–Kier alpha value is -0.481. The van der Waals surface area contributed by atoms with E-state index in [1.165, 1.54) is 18.6 Å². The van der Waals surface area contributed by atoms with E-state index >= 15 is 0 Å². The maximum atomic E-state index is 11.6. The Labute approximate surface area is 140 Å². The molecule has 1 heterocycles. The summed E-state index contributed by atoms with van der Waals surface area (Å²) in [5.74, 6) is 1.33. The van der Waals surface area contributed by atoms with Gasteiger partial charge in [0.1, 0.15) is 0 Å². The number of rotatable bonds is 7. The van der Waals surface area contributed by atoms with Crippen LogP contribution in [-0.4, -0.2) is 31.7 Å². The van der Waals surface area contributed by atoms with Crippen LogP contribution in [-0.2, 0) is 4.79 Å². The van der Waals surface area contributed by atoms with E-state index in [0.29, 0.717) is 11.4 Å². The first kappa shape index (κ1) is 16.9. The van der Waals surface area contributed by atoms with Crippen molar-refractivity contribution < 1.29 is 4.79 Å². The van der Waals surface area contributed by atoms with Crippen LogP contribution in [0, 0.1) is 0 Å². The zero-order chi connectivity index (χ0) is 14.9. The summed E-state index contributed by atoms with van der Waals surface area (Å²) in [4.78, 5) is 12.6. The SMILES string of the molecule is O=C(CCCCC1CCS[Se]1)N/N=C/c1ccc(Cl)cc1. The standard InChI is InChI=1S/C15H19ClN2OSSe/c16-13-7-5-12(6-8-13)11-17-18-15(19)4-2-1-3-14-9-10-20-21-14/h5-8,11,14H,1-4,9-10H2,(H,18,19)/b17-11+. The van der Waals surface area contributed by atoms with Crippen molar-refractivity contribution in [3.63, 3.8) is 0 Å². The van der Waals surface area contributed by atoms with E-state index in [1.807, 2.05) is 12.1 Å². The van der Waals surface area contributed by atoms with Gasteiger partial charge in [-0.25, -0.2) is 0 Å². The molecule has 1 N–H and O–H groups in total. The van der Waals surface area contributed by atoms with Crippen LogP contribution in [0.3, 0.4) is 0 Å². The molecule has 1 saturated heterocycles. The third kappa shape index (κ3) is 6.88. The zero-order valence-corrected chi connectivity index (χ0v) is 15.0. The van der Waals surface area contributed by atoms with E-state index in [2.05, 4.69) is 20.7 Å². The van der Waals surface area contributed by atoms with Crippen molar-refractivity contribution in [3.05, 3.63) is 34.9 Å². The van der Waals surface area contributed by atoms with Crippen LogP contribution >= 0.6 is 21.8 Å². The van der Waals surface area contributed by atoms with Crippen LogP contribution in [0.5, 0.6) is 0 Å². The van der Waals surface area contributed by atoms with Gasteiger partial charge in [0.15, 0.2) is 0 Å². The summed E-state index contributed by atoms with van der Waals surface area (Å²) in [6.07, 6.45) is 6.97. The average Bonchev–Trinajstić information content (AvgIpc) is 2.99. The first-order valence-corrected chi connectivity index (χ1v) is 11.5. The predicted octanol–water partition coefficient (Wildman–Crippen LogP) is 3.90. The predicted molar refractivity (Wildman–Crippen MR) is 92.2 cm³/mol. The zero-order valence-electron chi connectivity index (χ0n) is 11.8. The number of carbonyl (C=O) groups excluding carboxylic acids is 1. The van der Waals surface area contributed by atoms with Gasteiger partial charge in [0.05, 0.1) is 0 Å². The number of unbranched alkanes of at least 4 members (excludes halogenated alkanes) is 1. The van der Waals surface area contributed by atoms with E-state index in [0.717, 1.165) is 37.1 Å². The molecule has 0 radical (unpaired) electrons. The summed E-state index contributed by atoms with van der Waals surface area (Å²) in [7, 11) is 2.11. The van der Waals surface area contributed by atoms with Gasteiger partial charge in [0, 0.05) is 5.02 Å². The Bertz CT molecular complexity index is 475. The summed E-state index contributed by atoms with van der Waals surface area (Å²) in [5, 5.41) is 4.65. The minimum atomic E-state index is -0.00785. The molecule has 1 aromatic rings. The van der Waals surface area contributed by atoms with E-state index in [1.54, 1.807) is 18.3 Å². The molecule has 0 aromatic heterocycles. The van der Waals surface area contributed by atoms with Gasteiger partial charge in [-0.2, -0.15) is 0 Å². The Morgan fingerprint density at radius 2 is 2.24 bits per heavy atom. The fourth-order valence-corrected chi connectivity index (χ4v) is 7.56. The monoisotopic (exact) mass is 390 g/mol. The summed E-state index contributed by atoms with van der Waals surface area (Å²) < 4.78 is 0. The topological polar surface area (TPSA) is 41.5 Å². The minimum absolute atomic E-state index is 0.00785. The van der Waals surface area contributed by atoms with Crippen molar-refractivity contribution in [1.29, 1.82) is 0 Å². The Morgan fingerprint density at radius 3 is 2.95 bits per heavy atom. The summed E-state index contributed by atoms with van der Waals surface area (Å²) in [6, 6.07) is 7.32. The van der Waals surface area contributed by atoms with Crippen molar-refractivity contribution in [1.82, 2.24) is 5.43 Å². The molecule has 0 bridgehead atoms. The summed E-state index contributed by atoms with van der Waals surface area (Å²) in [6.45, 7) is 0. The molecule has 0 spiro atoms. The summed E-state index contributed by atoms with van der Waals surface area (Å²) >= 11 is 6.58. The van der Waals surface area contributed by atoms with Crippen LogP contribution in [0.4, 0.5) is 0 Å². The van der Waals surface area contributed by atoms with Gasteiger partial charge in [0.25, 0.3) is 0 Å². The Balaban J connectivity index is 1.57. The molecule has 1 atom stereocenters. The van der Waals surface area contributed by atoms with E-state index in [-0.39, 0.29) is 5.91 Å². The molecule has 21 heavy (non-hydrogen) atoms. The molecule has 1 aliphatic rings. The fourth-order valence-electron chi connectivity index (χ4n) is 2.01. The van der Waals surface area contributed by atoms with Crippen LogP contribution in [0.1, 0.15) is 37.7 Å². The number of hydrogen-bond acceptors (Lipinski definition) is 3.